The summed E-state index contributed by atoms with van der Waals surface area (Å²) < 4.78 is 15.7. The van der Waals surface area contributed by atoms with Gasteiger partial charge >= 0.3 is 0 Å². The summed E-state index contributed by atoms with van der Waals surface area (Å²) in [4.78, 5) is 5.33. The maximum atomic E-state index is 13.4. The minimum atomic E-state index is -0.169. The van der Waals surface area contributed by atoms with Crippen LogP contribution in [0.1, 0.15) is 77.7 Å². The Morgan fingerprint density at radius 2 is 1.87 bits per heavy atom. The molecule has 1 atom stereocenters. The number of hydrogen-bond donors (Lipinski definition) is 1. The predicted octanol–water partition coefficient (Wildman–Crippen LogP) is 8.03. The molecule has 170 valence electrons. The lowest BCUT2D eigenvalue weighted by Gasteiger charge is -2.24. The Morgan fingerprint density at radius 3 is 2.42 bits per heavy atom. The average molecular weight is 444 g/mol. The van der Waals surface area contributed by atoms with Crippen molar-refractivity contribution in [2.45, 2.75) is 85.7 Å². The molecule has 0 aliphatic carbocycles. The molecule has 0 radical (unpaired) electrons. The minimum absolute atomic E-state index is 0.131. The summed E-state index contributed by atoms with van der Waals surface area (Å²) in [6, 6.07) is 7.92. The lowest BCUT2D eigenvalue weighted by molar-refractivity contribution is 0.350. The second-order valence-corrected chi connectivity index (χ2v) is 9.38. The van der Waals surface area contributed by atoms with Gasteiger partial charge in [0.1, 0.15) is 0 Å². The molecule has 31 heavy (non-hydrogen) atoms. The van der Waals surface area contributed by atoms with Crippen molar-refractivity contribution in [1.29, 1.82) is 0 Å². The zero-order valence-electron chi connectivity index (χ0n) is 20.3. The number of rotatable bonds is 7. The lowest BCUT2D eigenvalue weighted by atomic mass is 9.81. The minimum Gasteiger partial charge on any atom is -0.340 e. The number of nitrogens with two attached hydrogens (primary N) is 1. The van der Waals surface area contributed by atoms with Gasteiger partial charge < -0.3 is 10.3 Å². The van der Waals surface area contributed by atoms with E-state index in [4.69, 9.17) is 5.73 Å². The second-order valence-electron chi connectivity index (χ2n) is 8.76. The van der Waals surface area contributed by atoms with Gasteiger partial charge in [0.05, 0.1) is 23.5 Å². The van der Waals surface area contributed by atoms with Crippen LogP contribution < -0.4 is 5.73 Å². The molecular weight excluding hydrogens is 405 g/mol. The molecule has 0 aliphatic heterocycles. The molecule has 0 saturated heterocycles. The highest BCUT2D eigenvalue weighted by Gasteiger charge is 2.26. The fourth-order valence-electron chi connectivity index (χ4n) is 4.00. The molecule has 3 nitrogen and oxygen atoms in total. The van der Waals surface area contributed by atoms with Crippen molar-refractivity contribution >= 4 is 23.1 Å². The monoisotopic (exact) mass is 443 g/mol. The van der Waals surface area contributed by atoms with Crippen molar-refractivity contribution in [3.63, 3.8) is 0 Å². The highest BCUT2D eigenvalue weighted by molar-refractivity contribution is 7.94. The van der Waals surface area contributed by atoms with Gasteiger partial charge in [-0.1, -0.05) is 41.0 Å². The number of pyridine rings is 1. The van der Waals surface area contributed by atoms with Gasteiger partial charge in [-0.2, -0.15) is 3.89 Å². The molecule has 1 unspecified atom stereocenters. The van der Waals surface area contributed by atoms with Crippen molar-refractivity contribution in [1.82, 2.24) is 9.55 Å². The maximum absolute atomic E-state index is 13.4. The van der Waals surface area contributed by atoms with E-state index in [9.17, 15) is 3.89 Å². The van der Waals surface area contributed by atoms with Gasteiger partial charge in [0.15, 0.2) is 0 Å². The van der Waals surface area contributed by atoms with Crippen molar-refractivity contribution in [2.75, 3.05) is 0 Å². The molecule has 0 saturated carbocycles. The largest absolute Gasteiger partial charge is 0.340 e. The Bertz CT molecular complexity index is 1020. The summed E-state index contributed by atoms with van der Waals surface area (Å²) in [7, 11) is 0. The van der Waals surface area contributed by atoms with Crippen LogP contribution in [0.15, 0.2) is 35.4 Å². The fraction of sp³-hybridized carbons (Fsp3) is 0.500. The third kappa shape index (κ3) is 5.32. The fourth-order valence-corrected chi connectivity index (χ4v) is 4.28. The zero-order chi connectivity index (χ0) is 23.3. The topological polar surface area (TPSA) is 43.8 Å². The average Bonchev–Trinajstić information content (AvgIpc) is 3.06. The van der Waals surface area contributed by atoms with Crippen LogP contribution in [0, 0.1) is 12.3 Å². The smallest absolute Gasteiger partial charge is 0.0812 e. The number of benzene rings is 1. The molecule has 0 amide bonds. The van der Waals surface area contributed by atoms with Gasteiger partial charge in [-0.3, -0.25) is 4.98 Å². The van der Waals surface area contributed by atoms with Crippen LogP contribution in [0.4, 0.5) is 3.89 Å². The van der Waals surface area contributed by atoms with Gasteiger partial charge in [-0.25, -0.2) is 0 Å². The van der Waals surface area contributed by atoms with Gasteiger partial charge in [0.2, 0.25) is 0 Å². The first-order valence-electron chi connectivity index (χ1n) is 11.4. The molecule has 2 N–H and O–H groups in total. The van der Waals surface area contributed by atoms with E-state index in [-0.39, 0.29) is 11.5 Å². The van der Waals surface area contributed by atoms with E-state index in [1.165, 1.54) is 11.3 Å². The molecule has 1 aromatic carbocycles. The normalized spacial score (nSPS) is 12.6. The number of fused-ring (bicyclic) bond motifs is 1. The van der Waals surface area contributed by atoms with Crippen LogP contribution >= 0.6 is 12.1 Å². The van der Waals surface area contributed by atoms with Crippen molar-refractivity contribution in [3.05, 3.63) is 47.3 Å². The summed E-state index contributed by atoms with van der Waals surface area (Å²) in [5.74, 6) is 0. The van der Waals surface area contributed by atoms with E-state index in [0.717, 1.165) is 47.1 Å². The van der Waals surface area contributed by atoms with Crippen molar-refractivity contribution in [2.24, 2.45) is 11.1 Å². The zero-order valence-corrected chi connectivity index (χ0v) is 21.2. The summed E-state index contributed by atoms with van der Waals surface area (Å²) in [5, 5.41) is 1.13. The van der Waals surface area contributed by atoms with Gasteiger partial charge in [-0.05, 0) is 68.0 Å². The molecule has 2 heterocycles. The van der Waals surface area contributed by atoms with Crippen LogP contribution in [0.25, 0.3) is 22.2 Å². The van der Waals surface area contributed by atoms with Crippen molar-refractivity contribution in [3.8, 4) is 11.3 Å². The number of hydrogen-bond acceptors (Lipinski definition) is 3. The molecular formula is C26H38FN3S. The standard InChI is InChI=1S/C24H32FN3S.C2H6/c1-7-24(5,6)13-20-18-12-17(29-25)9-10-21(18)28(8-2)23(20)19-11-15(3)14-27-22(19)16(4)26;1-2/h9-12,14,16H,7-8,13,26H2,1-6H3;1-2H3. The van der Waals surface area contributed by atoms with Crippen LogP contribution in [-0.4, -0.2) is 9.55 Å². The van der Waals surface area contributed by atoms with E-state index >= 15 is 0 Å². The van der Waals surface area contributed by atoms with Crippen LogP contribution in [0.5, 0.6) is 0 Å². The first-order valence-corrected chi connectivity index (χ1v) is 12.1. The lowest BCUT2D eigenvalue weighted by Crippen LogP contribution is -2.15. The van der Waals surface area contributed by atoms with Crippen molar-refractivity contribution < 1.29 is 3.89 Å². The van der Waals surface area contributed by atoms with Crippen LogP contribution in [-0.2, 0) is 13.0 Å². The Kier molecular flexibility index (Phi) is 8.73. The Hall–Kier alpha value is -1.85. The molecule has 0 bridgehead atoms. The number of aromatic nitrogens is 2. The third-order valence-electron chi connectivity index (χ3n) is 5.90. The molecule has 0 aliphatic rings. The number of aryl methyl sites for hydroxylation is 2. The SMILES string of the molecule is CC.CCn1c(-c2cc(C)cnc2C(C)N)c(CC(C)(C)CC)c2cc(SF)ccc21. The van der Waals surface area contributed by atoms with Gasteiger partial charge in [-0.15, -0.1) is 0 Å². The number of nitrogens with zero attached hydrogens (tertiary/aromatic N) is 2. The van der Waals surface area contributed by atoms with E-state index in [0.29, 0.717) is 17.0 Å². The maximum Gasteiger partial charge on any atom is 0.0812 e. The summed E-state index contributed by atoms with van der Waals surface area (Å²) >= 11 is 0.303. The Balaban J connectivity index is 0.00000166. The van der Waals surface area contributed by atoms with E-state index < -0.39 is 0 Å². The second kappa shape index (κ2) is 10.6. The molecule has 2 aromatic heterocycles. The van der Waals surface area contributed by atoms with Gasteiger partial charge in [0.25, 0.3) is 0 Å². The van der Waals surface area contributed by atoms with E-state index in [2.05, 4.69) is 50.2 Å². The van der Waals surface area contributed by atoms with E-state index in [1.54, 1.807) is 0 Å². The first-order chi connectivity index (χ1) is 14.7. The number of halogens is 1. The molecule has 0 fully saturated rings. The quantitative estimate of drug-likeness (QED) is 0.402. The molecule has 0 spiro atoms. The third-order valence-corrected chi connectivity index (χ3v) is 6.33. The van der Waals surface area contributed by atoms with Gasteiger partial charge in [0, 0.05) is 40.1 Å². The predicted molar refractivity (Wildman–Crippen MR) is 134 cm³/mol. The summed E-state index contributed by atoms with van der Waals surface area (Å²) in [6.07, 6.45) is 3.86. The van der Waals surface area contributed by atoms with E-state index in [1.807, 2.05) is 45.2 Å². The molecule has 5 heteroatoms. The van der Waals surface area contributed by atoms with Crippen LogP contribution in [0.2, 0.25) is 0 Å². The highest BCUT2D eigenvalue weighted by atomic mass is 32.2. The van der Waals surface area contributed by atoms with Crippen LogP contribution in [0.3, 0.4) is 0 Å². The molecule has 3 rings (SSSR count). The molecule has 3 aromatic rings. The summed E-state index contributed by atoms with van der Waals surface area (Å²) in [6.45, 7) is 17.8. The summed E-state index contributed by atoms with van der Waals surface area (Å²) in [5.41, 5.74) is 13.1. The Labute approximate surface area is 191 Å². The Morgan fingerprint density at radius 1 is 1.19 bits per heavy atom. The first kappa shape index (κ1) is 25.4. The highest BCUT2D eigenvalue weighted by Crippen LogP contribution is 2.41.